The fourth-order valence-electron chi connectivity index (χ4n) is 4.35. The smallest absolute Gasteiger partial charge is 0.235 e. The number of rotatable bonds is 8. The van der Waals surface area contributed by atoms with Gasteiger partial charge in [0.2, 0.25) is 10.0 Å². The summed E-state index contributed by atoms with van der Waals surface area (Å²) >= 11 is 6.50. The number of para-hydroxylation sites is 1. The molecule has 3 heterocycles. The SMILES string of the molecule is C=CS(=O)(=O)N1CCCC(Nc2ncnc3[nH]cc(C(=O)c4ccc(Oc5ccccc5)cc4Cl)c23)C1. The highest BCUT2D eigenvalue weighted by Gasteiger charge is 2.28. The van der Waals surface area contributed by atoms with Crippen LogP contribution in [-0.4, -0.2) is 52.6 Å². The van der Waals surface area contributed by atoms with Crippen molar-refractivity contribution in [2.45, 2.75) is 18.9 Å². The fourth-order valence-corrected chi connectivity index (χ4v) is 5.59. The number of aromatic amines is 1. The van der Waals surface area contributed by atoms with Gasteiger partial charge in [-0.15, -0.1) is 0 Å². The lowest BCUT2D eigenvalue weighted by molar-refractivity contribution is 0.104. The van der Waals surface area contributed by atoms with Gasteiger partial charge in [-0.3, -0.25) is 4.79 Å². The zero-order chi connectivity index (χ0) is 26.0. The van der Waals surface area contributed by atoms with E-state index in [1.54, 1.807) is 24.4 Å². The molecule has 0 radical (unpaired) electrons. The number of ketones is 1. The second kappa shape index (κ2) is 10.3. The Bertz CT molecular complexity index is 1570. The van der Waals surface area contributed by atoms with Gasteiger partial charge in [0.25, 0.3) is 0 Å². The van der Waals surface area contributed by atoms with E-state index in [1.807, 2.05) is 30.3 Å². The lowest BCUT2D eigenvalue weighted by Gasteiger charge is -2.31. The van der Waals surface area contributed by atoms with Crippen LogP contribution < -0.4 is 10.1 Å². The Morgan fingerprint density at radius 1 is 1.16 bits per heavy atom. The number of halogens is 1. The molecule has 190 valence electrons. The molecular weight excluding hydrogens is 514 g/mol. The number of piperidine rings is 1. The van der Waals surface area contributed by atoms with Gasteiger partial charge in [0.1, 0.15) is 29.3 Å². The molecule has 5 rings (SSSR count). The van der Waals surface area contributed by atoms with Crippen LogP contribution in [0, 0.1) is 0 Å². The number of carbonyl (C=O) groups is 1. The highest BCUT2D eigenvalue weighted by Crippen LogP contribution is 2.32. The van der Waals surface area contributed by atoms with Gasteiger partial charge in [0, 0.05) is 42.4 Å². The lowest BCUT2D eigenvalue weighted by atomic mass is 10.0. The molecule has 37 heavy (non-hydrogen) atoms. The van der Waals surface area contributed by atoms with Crippen molar-refractivity contribution >= 4 is 44.3 Å². The lowest BCUT2D eigenvalue weighted by Crippen LogP contribution is -2.44. The van der Waals surface area contributed by atoms with Gasteiger partial charge in [0.05, 0.1) is 16.0 Å². The minimum absolute atomic E-state index is 0.197. The average molecular weight is 538 g/mol. The van der Waals surface area contributed by atoms with Gasteiger partial charge in [-0.1, -0.05) is 36.4 Å². The molecule has 1 aliphatic heterocycles. The van der Waals surface area contributed by atoms with E-state index in [2.05, 4.69) is 26.8 Å². The zero-order valence-corrected chi connectivity index (χ0v) is 21.3. The van der Waals surface area contributed by atoms with E-state index < -0.39 is 10.0 Å². The molecule has 1 fully saturated rings. The largest absolute Gasteiger partial charge is 0.457 e. The Labute approximate surface area is 219 Å². The number of benzene rings is 2. The molecule has 4 aromatic rings. The summed E-state index contributed by atoms with van der Waals surface area (Å²) in [6.45, 7) is 4.11. The van der Waals surface area contributed by atoms with E-state index in [0.29, 0.717) is 52.4 Å². The zero-order valence-electron chi connectivity index (χ0n) is 19.7. The first-order valence-corrected chi connectivity index (χ1v) is 13.5. The molecule has 1 saturated heterocycles. The molecule has 1 unspecified atom stereocenters. The van der Waals surface area contributed by atoms with Crippen molar-refractivity contribution in [2.24, 2.45) is 0 Å². The summed E-state index contributed by atoms with van der Waals surface area (Å²) in [4.78, 5) is 25.2. The van der Waals surface area contributed by atoms with Gasteiger partial charge < -0.3 is 15.0 Å². The fraction of sp³-hybridized carbons (Fsp3) is 0.192. The van der Waals surface area contributed by atoms with Crippen LogP contribution in [0.15, 0.2) is 73.0 Å². The van der Waals surface area contributed by atoms with Crippen molar-refractivity contribution in [3.63, 3.8) is 0 Å². The normalized spacial score (nSPS) is 16.4. The van der Waals surface area contributed by atoms with Crippen LogP contribution in [0.2, 0.25) is 5.02 Å². The number of nitrogens with zero attached hydrogens (tertiary/aromatic N) is 3. The molecule has 0 bridgehead atoms. The number of hydrogen-bond acceptors (Lipinski definition) is 7. The molecule has 11 heteroatoms. The van der Waals surface area contributed by atoms with Gasteiger partial charge >= 0.3 is 0 Å². The summed E-state index contributed by atoms with van der Waals surface area (Å²) in [7, 11) is -3.52. The van der Waals surface area contributed by atoms with E-state index in [9.17, 15) is 13.2 Å². The number of hydrogen-bond donors (Lipinski definition) is 2. The first-order chi connectivity index (χ1) is 17.9. The van der Waals surface area contributed by atoms with Crippen LogP contribution in [-0.2, 0) is 10.0 Å². The van der Waals surface area contributed by atoms with E-state index >= 15 is 0 Å². The van der Waals surface area contributed by atoms with E-state index in [1.165, 1.54) is 10.6 Å². The monoisotopic (exact) mass is 537 g/mol. The van der Waals surface area contributed by atoms with Crippen LogP contribution >= 0.6 is 11.6 Å². The molecule has 0 saturated carbocycles. The molecule has 0 amide bonds. The van der Waals surface area contributed by atoms with Crippen LogP contribution in [0.25, 0.3) is 11.0 Å². The minimum Gasteiger partial charge on any atom is -0.457 e. The highest BCUT2D eigenvalue weighted by atomic mass is 35.5. The molecule has 9 nitrogen and oxygen atoms in total. The molecule has 0 spiro atoms. The third-order valence-electron chi connectivity index (χ3n) is 6.17. The highest BCUT2D eigenvalue weighted by molar-refractivity contribution is 7.92. The number of anilines is 1. The molecule has 2 aromatic heterocycles. The molecule has 2 N–H and O–H groups in total. The van der Waals surface area contributed by atoms with Crippen molar-refractivity contribution in [2.75, 3.05) is 18.4 Å². The van der Waals surface area contributed by atoms with E-state index in [0.717, 1.165) is 11.8 Å². The maximum Gasteiger partial charge on any atom is 0.235 e. The van der Waals surface area contributed by atoms with E-state index in [4.69, 9.17) is 16.3 Å². The van der Waals surface area contributed by atoms with E-state index in [-0.39, 0.29) is 23.4 Å². The molecule has 0 aliphatic carbocycles. The summed E-state index contributed by atoms with van der Waals surface area (Å²) in [6.07, 6.45) is 4.40. The third kappa shape index (κ3) is 5.22. The minimum atomic E-state index is -3.52. The van der Waals surface area contributed by atoms with Crippen molar-refractivity contribution < 1.29 is 17.9 Å². The first kappa shape index (κ1) is 24.9. The average Bonchev–Trinajstić information content (AvgIpc) is 3.35. The number of sulfonamides is 1. The van der Waals surface area contributed by atoms with Crippen molar-refractivity contribution in [3.8, 4) is 11.5 Å². The van der Waals surface area contributed by atoms with Gasteiger partial charge in [-0.05, 0) is 37.1 Å². The number of carbonyl (C=O) groups excluding carboxylic acids is 1. The van der Waals surface area contributed by atoms with Gasteiger partial charge in [0.15, 0.2) is 5.78 Å². The Kier molecular flexibility index (Phi) is 6.96. The maximum atomic E-state index is 13.6. The van der Waals surface area contributed by atoms with Crippen molar-refractivity contribution in [1.29, 1.82) is 0 Å². The summed E-state index contributed by atoms with van der Waals surface area (Å²) in [5, 5.41) is 5.03. The summed E-state index contributed by atoms with van der Waals surface area (Å²) < 4.78 is 31.7. The standard InChI is InChI=1S/C26H24ClN5O4S/c1-2-37(34,35)32-12-6-7-17(15-32)31-26-23-21(14-28-25(23)29-16-30-26)24(33)20-11-10-19(13-22(20)27)36-18-8-4-3-5-9-18/h2-5,8-11,13-14,16-17H,1,6-7,12,15H2,(H2,28,29,30,31). The Morgan fingerprint density at radius 2 is 1.97 bits per heavy atom. The Morgan fingerprint density at radius 3 is 2.73 bits per heavy atom. The summed E-state index contributed by atoms with van der Waals surface area (Å²) in [5.74, 6) is 1.30. The molecular formula is C26H24ClN5O4S. The van der Waals surface area contributed by atoms with Crippen LogP contribution in [0.5, 0.6) is 11.5 Å². The van der Waals surface area contributed by atoms with Crippen molar-refractivity contribution in [1.82, 2.24) is 19.3 Å². The van der Waals surface area contributed by atoms with Gasteiger partial charge in [-0.25, -0.2) is 18.4 Å². The molecule has 1 aliphatic rings. The topological polar surface area (TPSA) is 117 Å². The van der Waals surface area contributed by atoms with Crippen LogP contribution in [0.3, 0.4) is 0 Å². The number of aromatic nitrogens is 3. The number of ether oxygens (including phenoxy) is 1. The van der Waals surface area contributed by atoms with Crippen LogP contribution in [0.4, 0.5) is 5.82 Å². The van der Waals surface area contributed by atoms with Gasteiger partial charge in [-0.2, -0.15) is 4.31 Å². The third-order valence-corrected chi connectivity index (χ3v) is 7.96. The van der Waals surface area contributed by atoms with Crippen LogP contribution in [0.1, 0.15) is 28.8 Å². The first-order valence-electron chi connectivity index (χ1n) is 11.6. The number of H-pyrrole nitrogens is 1. The Balaban J connectivity index is 1.42. The number of nitrogens with one attached hydrogen (secondary N) is 2. The predicted octanol–water partition coefficient (Wildman–Crippen LogP) is 4.98. The second-order valence-electron chi connectivity index (χ2n) is 8.59. The Hall–Kier alpha value is -3.73. The second-order valence-corrected chi connectivity index (χ2v) is 10.9. The summed E-state index contributed by atoms with van der Waals surface area (Å²) in [6, 6.07) is 14.0. The van der Waals surface area contributed by atoms with Crippen molar-refractivity contribution in [3.05, 3.63) is 89.2 Å². The summed E-state index contributed by atoms with van der Waals surface area (Å²) in [5.41, 5.74) is 1.13. The molecule has 1 atom stereocenters. The maximum absolute atomic E-state index is 13.6. The molecule has 2 aromatic carbocycles. The predicted molar refractivity (Wildman–Crippen MR) is 143 cm³/mol. The number of fused-ring (bicyclic) bond motifs is 1. The quantitative estimate of drug-likeness (QED) is 0.304.